The molecule has 11 aromatic rings. The van der Waals surface area contributed by atoms with Crippen LogP contribution < -0.4 is 18.9 Å². The number of esters is 4. The highest BCUT2D eigenvalue weighted by molar-refractivity contribution is 6.45. The van der Waals surface area contributed by atoms with E-state index in [0.717, 1.165) is 32.1 Å². The number of amides is 4. The van der Waals surface area contributed by atoms with E-state index in [1.54, 1.807) is 60.7 Å². The van der Waals surface area contributed by atoms with Crippen LogP contribution >= 0.6 is 0 Å². The van der Waals surface area contributed by atoms with Crippen LogP contribution in [0.1, 0.15) is 179 Å². The minimum absolute atomic E-state index is 0. The van der Waals surface area contributed by atoms with Gasteiger partial charge in [0.15, 0.2) is 0 Å². The van der Waals surface area contributed by atoms with Crippen LogP contribution in [0, 0.1) is 0 Å². The predicted octanol–water partition coefficient (Wildman–Crippen LogP) is 20.5. The van der Waals surface area contributed by atoms with Crippen LogP contribution in [0.5, 0.6) is 46.0 Å². The van der Waals surface area contributed by atoms with Gasteiger partial charge in [-0.2, -0.15) is 0 Å². The van der Waals surface area contributed by atoms with Gasteiger partial charge in [0.1, 0.15) is 84.5 Å². The summed E-state index contributed by atoms with van der Waals surface area (Å²) >= 11 is 0. The molecule has 4 amide bonds. The van der Waals surface area contributed by atoms with E-state index in [-0.39, 0.29) is 155 Å². The maximum Gasteiger partial charge on any atom is 0.333 e. The fourth-order valence-corrected chi connectivity index (χ4v) is 14.3. The first kappa shape index (κ1) is 80.1. The molecule has 0 N–H and O–H groups in total. The standard InChI is InChI=1S/C94H90N2O16.CH4/c1-53(2)87(101)105-43-45-107-89(103)69(47-55-23-19-17-20-24-55)95-83(97)65-49-71(109-61-35-27-57(28-36-61)91(5,6)7)77-79-73(111-63-39-31-59(32-40-63)93(11,12)13)51-67-76-68(86(100)96(85(67)99)70(48-56-25-21-18-22-26-56)90(104)108-46-44-106-88(102)54(3)4)52-74(112-64-41-33-60(34-42-64)94(14,15)16)80(82(76)79)78-72(50-66(84(95)98)75(65)81(77)78)110-62-37-29-58(30-38-62)92(8,9)10;/h17-42,49-52,69-70H,1,3,43-48H2,2,4-16H3;1H4. The van der Waals surface area contributed by atoms with Gasteiger partial charge in [0, 0.05) is 67.1 Å². The second-order valence-electron chi connectivity index (χ2n) is 32.7. The van der Waals surface area contributed by atoms with Crippen LogP contribution in [0.4, 0.5) is 0 Å². The first-order valence-electron chi connectivity index (χ1n) is 37.4. The molecule has 13 rings (SSSR count). The quantitative estimate of drug-likeness (QED) is 0.0104. The smallest absolute Gasteiger partial charge is 0.333 e. The molecule has 0 radical (unpaired) electrons. The Morgan fingerprint density at radius 1 is 0.327 bits per heavy atom. The minimum atomic E-state index is -1.64. The minimum Gasteiger partial charge on any atom is -0.461 e. The number of imide groups is 2. The zero-order chi connectivity index (χ0) is 80.2. The Kier molecular flexibility index (Phi) is 22.2. The summed E-state index contributed by atoms with van der Waals surface area (Å²) < 4.78 is 51.8. The van der Waals surface area contributed by atoms with E-state index in [1.807, 2.05) is 97.1 Å². The van der Waals surface area contributed by atoms with Crippen LogP contribution in [-0.2, 0) is 72.6 Å². The number of carbonyl (C=O) groups excluding carboxylic acids is 8. The first-order valence-corrected chi connectivity index (χ1v) is 37.4. The van der Waals surface area contributed by atoms with Crippen LogP contribution in [-0.4, -0.2) is 95.8 Å². The molecule has 0 aromatic heterocycles. The molecule has 0 fully saturated rings. The number of benzene rings is 11. The monoisotopic (exact) mass is 1520 g/mol. The average molecular weight is 1520 g/mol. The molecule has 0 saturated carbocycles. The number of hydrogen-bond donors (Lipinski definition) is 0. The molecule has 0 bridgehead atoms. The number of hydrogen-bond acceptors (Lipinski definition) is 16. The summed E-state index contributed by atoms with van der Waals surface area (Å²) in [7, 11) is 0. The SMILES string of the molecule is C.C=C(C)C(=O)OCCOC(=O)C(Cc1ccccc1)N1C(=O)c2cc(Oc3ccc(C(C)(C)C)cc3)c3c4c(Oc5ccc(C(C)(C)C)cc5)cc5c6c(cc(Oc7ccc(C(C)(C)C)cc7)c(c7c(Oc8ccc(C(C)(C)C)cc8)cc(c2c37)C1=O)c64)C(=O)N(C(Cc1ccccc1)C(=O)OCCOC(=O)C(=C)C)C5=O. The molecule has 2 heterocycles. The van der Waals surface area contributed by atoms with Gasteiger partial charge in [-0.3, -0.25) is 29.0 Å². The zero-order valence-electron chi connectivity index (χ0n) is 65.6. The molecule has 0 spiro atoms. The highest BCUT2D eigenvalue weighted by Crippen LogP contribution is 2.58. The molecule has 2 aliphatic rings. The van der Waals surface area contributed by atoms with Gasteiger partial charge in [0.05, 0.1) is 22.3 Å². The molecule has 0 saturated heterocycles. The summed E-state index contributed by atoms with van der Waals surface area (Å²) in [6.45, 7) is 33.7. The molecule has 2 atom stereocenters. The Morgan fingerprint density at radius 2 is 0.558 bits per heavy atom. The maximum atomic E-state index is 16.6. The van der Waals surface area contributed by atoms with Crippen molar-refractivity contribution in [1.82, 2.24) is 9.80 Å². The number of nitrogens with zero attached hydrogens (tertiary/aromatic N) is 2. The molecule has 2 aliphatic heterocycles. The average Bonchev–Trinajstić information content (AvgIpc) is 0.681. The lowest BCUT2D eigenvalue weighted by molar-refractivity contribution is -0.153. The molecular weight excluding hydrogens is 1430 g/mol. The van der Waals surface area contributed by atoms with Crippen LogP contribution in [0.25, 0.3) is 43.1 Å². The van der Waals surface area contributed by atoms with E-state index in [4.69, 9.17) is 37.9 Å². The Balaban J connectivity index is 0.0000118. The van der Waals surface area contributed by atoms with Crippen molar-refractivity contribution in [2.24, 2.45) is 0 Å². The van der Waals surface area contributed by atoms with Crippen molar-refractivity contribution in [3.63, 3.8) is 0 Å². The molecule has 0 aliphatic carbocycles. The summed E-state index contributed by atoms with van der Waals surface area (Å²) in [6.07, 6.45) is -0.426. The molecule has 18 nitrogen and oxygen atoms in total. The second-order valence-corrected chi connectivity index (χ2v) is 32.7. The molecule has 18 heteroatoms. The van der Waals surface area contributed by atoms with Crippen LogP contribution in [0.15, 0.2) is 206 Å². The summed E-state index contributed by atoms with van der Waals surface area (Å²) in [5.41, 5.74) is 3.74. The van der Waals surface area contributed by atoms with E-state index < -0.39 is 72.8 Å². The highest BCUT2D eigenvalue weighted by atomic mass is 16.6. The van der Waals surface area contributed by atoms with Crippen molar-refractivity contribution in [3.05, 3.63) is 262 Å². The zero-order valence-corrected chi connectivity index (χ0v) is 65.6. The fourth-order valence-electron chi connectivity index (χ4n) is 14.3. The first-order chi connectivity index (χ1) is 53.0. The van der Waals surface area contributed by atoms with Crippen molar-refractivity contribution in [3.8, 4) is 46.0 Å². The van der Waals surface area contributed by atoms with Gasteiger partial charge in [0.2, 0.25) is 0 Å². The number of ether oxygens (including phenoxy) is 8. The summed E-state index contributed by atoms with van der Waals surface area (Å²) in [4.78, 5) is 124. The summed E-state index contributed by atoms with van der Waals surface area (Å²) in [5.74, 6) is -5.71. The summed E-state index contributed by atoms with van der Waals surface area (Å²) in [6, 6.07) is 50.5. The third-order valence-corrected chi connectivity index (χ3v) is 20.3. The Labute approximate surface area is 658 Å². The van der Waals surface area contributed by atoms with Crippen molar-refractivity contribution >= 4 is 90.6 Å². The number of carbonyl (C=O) groups is 8. The van der Waals surface area contributed by atoms with Crippen molar-refractivity contribution in [2.75, 3.05) is 26.4 Å². The molecule has 2 unspecified atom stereocenters. The second kappa shape index (κ2) is 31.4. The van der Waals surface area contributed by atoms with E-state index in [9.17, 15) is 9.59 Å². The lowest BCUT2D eigenvalue weighted by atomic mass is 9.80. The largest absolute Gasteiger partial charge is 0.461 e. The van der Waals surface area contributed by atoms with E-state index in [1.165, 1.54) is 38.1 Å². The Hall–Kier alpha value is -12.4. The van der Waals surface area contributed by atoms with Crippen molar-refractivity contribution < 1.29 is 76.3 Å². The van der Waals surface area contributed by atoms with Crippen molar-refractivity contribution in [1.29, 1.82) is 0 Å². The van der Waals surface area contributed by atoms with E-state index >= 15 is 28.8 Å². The van der Waals surface area contributed by atoms with Gasteiger partial charge in [-0.05, 0) is 142 Å². The van der Waals surface area contributed by atoms with Gasteiger partial charge < -0.3 is 37.9 Å². The Bertz CT molecular complexity index is 5010. The van der Waals surface area contributed by atoms with Gasteiger partial charge in [-0.25, -0.2) is 19.2 Å². The van der Waals surface area contributed by atoms with E-state index in [0.29, 0.717) is 34.1 Å². The lowest BCUT2D eigenvalue weighted by Crippen LogP contribution is -2.52. The lowest BCUT2D eigenvalue weighted by Gasteiger charge is -2.35. The van der Waals surface area contributed by atoms with Crippen molar-refractivity contribution in [2.45, 2.75) is 151 Å². The van der Waals surface area contributed by atoms with E-state index in [2.05, 4.69) is 96.2 Å². The molecular formula is C95H94N2O16. The maximum absolute atomic E-state index is 16.6. The normalized spacial score (nSPS) is 13.5. The Morgan fingerprint density at radius 3 is 0.779 bits per heavy atom. The number of fused-ring (bicyclic) bond motifs is 2. The molecule has 113 heavy (non-hydrogen) atoms. The van der Waals surface area contributed by atoms with Gasteiger partial charge in [-0.1, -0.05) is 213 Å². The van der Waals surface area contributed by atoms with Crippen LogP contribution in [0.3, 0.4) is 0 Å². The van der Waals surface area contributed by atoms with Gasteiger partial charge >= 0.3 is 23.9 Å². The van der Waals surface area contributed by atoms with Gasteiger partial charge in [-0.15, -0.1) is 0 Å². The summed E-state index contributed by atoms with van der Waals surface area (Å²) in [5, 5.41) is 1.53. The topological polar surface area (TPSA) is 217 Å². The van der Waals surface area contributed by atoms with Gasteiger partial charge in [0.25, 0.3) is 23.6 Å². The predicted molar refractivity (Wildman–Crippen MR) is 438 cm³/mol. The molecule has 580 valence electrons. The van der Waals surface area contributed by atoms with Crippen LogP contribution in [0.2, 0.25) is 0 Å². The third kappa shape index (κ3) is 16.2. The number of rotatable bonds is 24. The molecule has 11 aromatic carbocycles. The third-order valence-electron chi connectivity index (χ3n) is 20.3. The fraction of sp³-hybridized carbons (Fsp3) is 0.284. The highest BCUT2D eigenvalue weighted by Gasteiger charge is 2.47.